The normalized spacial score (nSPS) is 19.8. The summed E-state index contributed by atoms with van der Waals surface area (Å²) in [6.07, 6.45) is 12.3. The molecule has 1 atom stereocenters. The van der Waals surface area contributed by atoms with E-state index < -0.39 is 0 Å². The Morgan fingerprint density at radius 2 is 1.84 bits per heavy atom. The minimum absolute atomic E-state index is 0.398. The number of hydrogen-bond donors (Lipinski definition) is 1. The summed E-state index contributed by atoms with van der Waals surface area (Å²) < 4.78 is 0. The number of aromatic nitrogens is 2. The van der Waals surface area contributed by atoms with Gasteiger partial charge in [0.25, 0.3) is 0 Å². The Bertz CT molecular complexity index is 369. The fourth-order valence-electron chi connectivity index (χ4n) is 3.85. The molecule has 0 radical (unpaired) electrons. The van der Waals surface area contributed by atoms with Gasteiger partial charge in [-0.15, -0.1) is 0 Å². The minimum atomic E-state index is 0.398. The molecule has 0 spiro atoms. The lowest BCUT2D eigenvalue weighted by Crippen LogP contribution is -2.37. The maximum Gasteiger partial charge on any atom is 0.115 e. The lowest BCUT2D eigenvalue weighted by atomic mass is 9.70. The van der Waals surface area contributed by atoms with E-state index in [0.717, 1.165) is 12.5 Å². The predicted molar refractivity (Wildman–Crippen MR) is 78.8 cm³/mol. The molecule has 106 valence electrons. The highest BCUT2D eigenvalue weighted by molar-refractivity contribution is 5.15. The summed E-state index contributed by atoms with van der Waals surface area (Å²) in [6, 6.07) is 0.406. The van der Waals surface area contributed by atoms with Gasteiger partial charge in [-0.1, -0.05) is 33.6 Å². The van der Waals surface area contributed by atoms with Gasteiger partial charge in [-0.2, -0.15) is 0 Å². The molecule has 1 aliphatic carbocycles. The molecule has 3 heteroatoms. The van der Waals surface area contributed by atoms with Crippen LogP contribution in [0, 0.1) is 11.3 Å². The average Bonchev–Trinajstić information content (AvgIpc) is 2.85. The van der Waals surface area contributed by atoms with Gasteiger partial charge < -0.3 is 5.32 Å². The van der Waals surface area contributed by atoms with Gasteiger partial charge >= 0.3 is 0 Å². The van der Waals surface area contributed by atoms with Crippen molar-refractivity contribution in [2.75, 3.05) is 6.54 Å². The zero-order chi connectivity index (χ0) is 13.7. The summed E-state index contributed by atoms with van der Waals surface area (Å²) in [5.41, 5.74) is 1.65. The molecule has 1 N–H and O–H groups in total. The van der Waals surface area contributed by atoms with Gasteiger partial charge in [0.15, 0.2) is 0 Å². The van der Waals surface area contributed by atoms with Crippen LogP contribution in [0.5, 0.6) is 0 Å². The molecule has 1 heterocycles. The zero-order valence-electron chi connectivity index (χ0n) is 12.5. The largest absolute Gasteiger partial charge is 0.310 e. The van der Waals surface area contributed by atoms with Crippen LogP contribution < -0.4 is 5.32 Å². The Balaban J connectivity index is 2.29. The lowest BCUT2D eigenvalue weighted by molar-refractivity contribution is 0.156. The molecule has 0 aromatic carbocycles. The van der Waals surface area contributed by atoms with E-state index in [2.05, 4.69) is 36.1 Å². The SMILES string of the molecule is CCNC(c1cncnc1)C1(CC(C)C)CCCC1. The fourth-order valence-corrected chi connectivity index (χ4v) is 3.85. The van der Waals surface area contributed by atoms with Crippen molar-refractivity contribution in [2.24, 2.45) is 11.3 Å². The van der Waals surface area contributed by atoms with E-state index in [1.54, 1.807) is 6.33 Å². The molecule has 0 amide bonds. The Morgan fingerprint density at radius 1 is 1.21 bits per heavy atom. The molecule has 1 aliphatic rings. The van der Waals surface area contributed by atoms with Crippen molar-refractivity contribution in [3.05, 3.63) is 24.3 Å². The first-order valence-corrected chi connectivity index (χ1v) is 7.66. The van der Waals surface area contributed by atoms with E-state index in [1.807, 2.05) is 12.4 Å². The van der Waals surface area contributed by atoms with Crippen molar-refractivity contribution in [3.63, 3.8) is 0 Å². The molecule has 0 bridgehead atoms. The van der Waals surface area contributed by atoms with Crippen LogP contribution in [0.15, 0.2) is 18.7 Å². The van der Waals surface area contributed by atoms with E-state index in [9.17, 15) is 0 Å². The van der Waals surface area contributed by atoms with Crippen molar-refractivity contribution in [1.29, 1.82) is 0 Å². The molecule has 1 fully saturated rings. The molecule has 3 nitrogen and oxygen atoms in total. The maximum absolute atomic E-state index is 4.22. The number of hydrogen-bond acceptors (Lipinski definition) is 3. The van der Waals surface area contributed by atoms with Crippen molar-refractivity contribution in [2.45, 2.75) is 58.9 Å². The number of rotatable bonds is 6. The molecule has 2 rings (SSSR count). The monoisotopic (exact) mass is 261 g/mol. The van der Waals surface area contributed by atoms with Gasteiger partial charge in [0, 0.05) is 24.0 Å². The second-order valence-corrected chi connectivity index (χ2v) is 6.33. The van der Waals surface area contributed by atoms with Crippen LogP contribution in [0.1, 0.15) is 64.5 Å². The van der Waals surface area contributed by atoms with Gasteiger partial charge in [-0.25, -0.2) is 9.97 Å². The third kappa shape index (κ3) is 3.33. The maximum atomic E-state index is 4.22. The summed E-state index contributed by atoms with van der Waals surface area (Å²) in [7, 11) is 0. The third-order valence-electron chi connectivity index (χ3n) is 4.35. The van der Waals surface area contributed by atoms with Gasteiger partial charge in [0.2, 0.25) is 0 Å². The van der Waals surface area contributed by atoms with Gasteiger partial charge in [-0.05, 0) is 37.1 Å². The highest BCUT2D eigenvalue weighted by atomic mass is 14.9. The molecule has 0 aliphatic heterocycles. The topological polar surface area (TPSA) is 37.8 Å². The number of nitrogens with one attached hydrogen (secondary N) is 1. The van der Waals surface area contributed by atoms with Crippen LogP contribution in [-0.2, 0) is 0 Å². The van der Waals surface area contributed by atoms with Gasteiger partial charge in [-0.3, -0.25) is 0 Å². The molecular formula is C16H27N3. The molecule has 1 unspecified atom stereocenters. The first-order valence-electron chi connectivity index (χ1n) is 7.66. The van der Waals surface area contributed by atoms with Crippen LogP contribution in [0.25, 0.3) is 0 Å². The van der Waals surface area contributed by atoms with Crippen LogP contribution >= 0.6 is 0 Å². The minimum Gasteiger partial charge on any atom is -0.310 e. The van der Waals surface area contributed by atoms with E-state index in [1.165, 1.54) is 37.7 Å². The highest BCUT2D eigenvalue weighted by Gasteiger charge is 2.42. The Labute approximate surface area is 117 Å². The smallest absolute Gasteiger partial charge is 0.115 e. The van der Waals surface area contributed by atoms with Crippen molar-refractivity contribution < 1.29 is 0 Å². The third-order valence-corrected chi connectivity index (χ3v) is 4.35. The first kappa shape index (κ1) is 14.4. The molecule has 1 aromatic heterocycles. The molecule has 1 saturated carbocycles. The standard InChI is InChI=1S/C16H27N3/c1-4-19-15(14-10-17-12-18-11-14)16(9-13(2)3)7-5-6-8-16/h10-13,15,19H,4-9H2,1-3H3. The van der Waals surface area contributed by atoms with Crippen molar-refractivity contribution in [1.82, 2.24) is 15.3 Å². The Hall–Kier alpha value is -0.960. The predicted octanol–water partition coefficient (Wildman–Crippen LogP) is 3.73. The summed E-state index contributed by atoms with van der Waals surface area (Å²) in [5.74, 6) is 0.740. The Kier molecular flexibility index (Phi) is 4.92. The van der Waals surface area contributed by atoms with Gasteiger partial charge in [0.05, 0.1) is 0 Å². The second kappa shape index (κ2) is 6.47. The fraction of sp³-hybridized carbons (Fsp3) is 0.750. The molecular weight excluding hydrogens is 234 g/mol. The molecule has 19 heavy (non-hydrogen) atoms. The lowest BCUT2D eigenvalue weighted by Gasteiger charge is -2.39. The molecule has 1 aromatic rings. The summed E-state index contributed by atoms with van der Waals surface area (Å²) >= 11 is 0. The van der Waals surface area contributed by atoms with E-state index in [-0.39, 0.29) is 0 Å². The van der Waals surface area contributed by atoms with Crippen LogP contribution in [-0.4, -0.2) is 16.5 Å². The molecule has 0 saturated heterocycles. The van der Waals surface area contributed by atoms with Crippen LogP contribution in [0.4, 0.5) is 0 Å². The van der Waals surface area contributed by atoms with E-state index >= 15 is 0 Å². The second-order valence-electron chi connectivity index (χ2n) is 6.33. The van der Waals surface area contributed by atoms with Gasteiger partial charge in [0.1, 0.15) is 6.33 Å². The van der Waals surface area contributed by atoms with Crippen LogP contribution in [0.2, 0.25) is 0 Å². The van der Waals surface area contributed by atoms with Crippen LogP contribution in [0.3, 0.4) is 0 Å². The average molecular weight is 261 g/mol. The quantitative estimate of drug-likeness (QED) is 0.848. The summed E-state index contributed by atoms with van der Waals surface area (Å²) in [4.78, 5) is 8.44. The van der Waals surface area contributed by atoms with Crippen molar-refractivity contribution in [3.8, 4) is 0 Å². The summed E-state index contributed by atoms with van der Waals surface area (Å²) in [6.45, 7) is 7.86. The van der Waals surface area contributed by atoms with Crippen molar-refractivity contribution >= 4 is 0 Å². The Morgan fingerprint density at radius 3 is 2.37 bits per heavy atom. The highest BCUT2D eigenvalue weighted by Crippen LogP contribution is 2.51. The van der Waals surface area contributed by atoms with E-state index in [4.69, 9.17) is 0 Å². The zero-order valence-corrected chi connectivity index (χ0v) is 12.5. The summed E-state index contributed by atoms with van der Waals surface area (Å²) in [5, 5.41) is 3.71. The van der Waals surface area contributed by atoms with E-state index in [0.29, 0.717) is 11.5 Å². The number of nitrogens with zero attached hydrogens (tertiary/aromatic N) is 2. The first-order chi connectivity index (χ1) is 9.18.